The Morgan fingerprint density at radius 3 is 3.06 bits per heavy atom. The number of methoxy groups -OCH3 is 1. The number of ether oxygens (including phenoxy) is 1. The Morgan fingerprint density at radius 1 is 1.39 bits per heavy atom. The zero-order chi connectivity index (χ0) is 12.8. The van der Waals surface area contributed by atoms with E-state index in [0.29, 0.717) is 12.5 Å². The maximum Gasteiger partial charge on any atom is 0.0733 e. The molecular formula is C15H24N2O. The second-order valence-electron chi connectivity index (χ2n) is 5.17. The summed E-state index contributed by atoms with van der Waals surface area (Å²) in [6, 6.07) is 8.60. The summed E-state index contributed by atoms with van der Waals surface area (Å²) in [5.74, 6) is 0.681. The highest BCUT2D eigenvalue weighted by Gasteiger charge is 2.15. The minimum atomic E-state index is 0.681. The van der Waals surface area contributed by atoms with Crippen LogP contribution in [0.3, 0.4) is 0 Å². The number of hydrogen-bond donors (Lipinski definition) is 1. The molecule has 1 aromatic carbocycles. The van der Waals surface area contributed by atoms with Gasteiger partial charge in [0.25, 0.3) is 0 Å². The Kier molecular flexibility index (Phi) is 5.02. The molecule has 3 nitrogen and oxygen atoms in total. The second kappa shape index (κ2) is 6.76. The smallest absolute Gasteiger partial charge is 0.0733 e. The fraction of sp³-hybridized carbons (Fsp3) is 0.600. The number of rotatable bonds is 3. The monoisotopic (exact) mass is 248 g/mol. The van der Waals surface area contributed by atoms with Gasteiger partial charge in [-0.25, -0.2) is 0 Å². The molecule has 3 heteroatoms. The van der Waals surface area contributed by atoms with Crippen LogP contribution in [0.15, 0.2) is 24.3 Å². The van der Waals surface area contributed by atoms with Crippen LogP contribution in [0.4, 0.5) is 5.69 Å². The Morgan fingerprint density at radius 2 is 2.22 bits per heavy atom. The lowest BCUT2D eigenvalue weighted by Gasteiger charge is -2.32. The van der Waals surface area contributed by atoms with Crippen LogP contribution in [0.2, 0.25) is 0 Å². The average Bonchev–Trinajstić information content (AvgIpc) is 2.35. The molecule has 1 heterocycles. The molecule has 2 rings (SSSR count). The van der Waals surface area contributed by atoms with Gasteiger partial charge in [0.15, 0.2) is 0 Å². The fourth-order valence-corrected chi connectivity index (χ4v) is 2.59. The van der Waals surface area contributed by atoms with Crippen LogP contribution >= 0.6 is 0 Å². The van der Waals surface area contributed by atoms with E-state index in [4.69, 9.17) is 4.74 Å². The van der Waals surface area contributed by atoms with Gasteiger partial charge in [0, 0.05) is 31.5 Å². The Labute approximate surface area is 110 Å². The van der Waals surface area contributed by atoms with Gasteiger partial charge in [0.05, 0.1) is 6.61 Å². The minimum Gasteiger partial charge on any atom is -0.380 e. The van der Waals surface area contributed by atoms with E-state index >= 15 is 0 Å². The van der Waals surface area contributed by atoms with Crippen LogP contribution in [-0.2, 0) is 11.3 Å². The molecule has 1 unspecified atom stereocenters. The highest BCUT2D eigenvalue weighted by Crippen LogP contribution is 2.23. The lowest BCUT2D eigenvalue weighted by molar-refractivity contribution is 0.185. The Balaban J connectivity index is 2.16. The first-order valence-electron chi connectivity index (χ1n) is 6.83. The first-order valence-corrected chi connectivity index (χ1v) is 6.83. The Hall–Kier alpha value is -1.06. The summed E-state index contributed by atoms with van der Waals surface area (Å²) in [7, 11) is 1.76. The quantitative estimate of drug-likeness (QED) is 0.888. The van der Waals surface area contributed by atoms with Gasteiger partial charge in [-0.2, -0.15) is 0 Å². The van der Waals surface area contributed by atoms with E-state index in [1.807, 2.05) is 0 Å². The lowest BCUT2D eigenvalue weighted by atomic mass is 10.1. The summed E-state index contributed by atoms with van der Waals surface area (Å²) in [5.41, 5.74) is 2.63. The molecule has 1 aromatic rings. The maximum atomic E-state index is 5.30. The summed E-state index contributed by atoms with van der Waals surface area (Å²) in [6.07, 6.45) is 1.20. The topological polar surface area (TPSA) is 24.5 Å². The average molecular weight is 248 g/mol. The molecule has 1 fully saturated rings. The van der Waals surface area contributed by atoms with Crippen molar-refractivity contribution in [2.24, 2.45) is 5.92 Å². The molecule has 0 aromatic heterocycles. The van der Waals surface area contributed by atoms with Gasteiger partial charge in [-0.15, -0.1) is 0 Å². The maximum absolute atomic E-state index is 5.30. The molecular weight excluding hydrogens is 224 g/mol. The molecule has 0 saturated carbocycles. The zero-order valence-corrected chi connectivity index (χ0v) is 11.5. The van der Waals surface area contributed by atoms with Gasteiger partial charge in [0.1, 0.15) is 0 Å². The largest absolute Gasteiger partial charge is 0.380 e. The van der Waals surface area contributed by atoms with Crippen LogP contribution < -0.4 is 10.2 Å². The fourth-order valence-electron chi connectivity index (χ4n) is 2.59. The van der Waals surface area contributed by atoms with E-state index in [-0.39, 0.29) is 0 Å². The van der Waals surface area contributed by atoms with E-state index < -0.39 is 0 Å². The highest BCUT2D eigenvalue weighted by molar-refractivity contribution is 5.53. The van der Waals surface area contributed by atoms with Gasteiger partial charge in [0.2, 0.25) is 0 Å². The molecule has 1 saturated heterocycles. The van der Waals surface area contributed by atoms with Crippen LogP contribution in [0, 0.1) is 5.92 Å². The van der Waals surface area contributed by atoms with Crippen LogP contribution in [-0.4, -0.2) is 33.3 Å². The Bertz CT molecular complexity index is 367. The number of para-hydroxylation sites is 1. The van der Waals surface area contributed by atoms with Crippen molar-refractivity contribution < 1.29 is 4.74 Å². The van der Waals surface area contributed by atoms with E-state index in [9.17, 15) is 0 Å². The predicted molar refractivity (Wildman–Crippen MR) is 76.0 cm³/mol. The number of nitrogens with one attached hydrogen (secondary N) is 1. The first-order chi connectivity index (χ1) is 8.81. The van der Waals surface area contributed by atoms with Gasteiger partial charge in [-0.05, 0) is 31.5 Å². The summed E-state index contributed by atoms with van der Waals surface area (Å²) >= 11 is 0. The molecule has 0 aliphatic carbocycles. The first kappa shape index (κ1) is 13.4. The molecule has 1 aliphatic rings. The van der Waals surface area contributed by atoms with E-state index in [1.54, 1.807) is 7.11 Å². The third-order valence-corrected chi connectivity index (χ3v) is 3.44. The van der Waals surface area contributed by atoms with Crippen LogP contribution in [0.25, 0.3) is 0 Å². The molecule has 100 valence electrons. The molecule has 1 N–H and O–H groups in total. The number of benzene rings is 1. The standard InChI is InChI=1S/C15H24N2O/c1-13-10-16-8-5-9-17(11-13)15-7-4-3-6-14(15)12-18-2/h3-4,6-7,13,16H,5,8-12H2,1-2H3. The third kappa shape index (κ3) is 3.47. The van der Waals surface area contributed by atoms with Crippen molar-refractivity contribution in [2.45, 2.75) is 20.0 Å². The SMILES string of the molecule is COCc1ccccc1N1CCCNCC(C)C1. The molecule has 1 atom stereocenters. The van der Waals surface area contributed by atoms with Gasteiger partial charge < -0.3 is 15.0 Å². The molecule has 1 aliphatic heterocycles. The highest BCUT2D eigenvalue weighted by atomic mass is 16.5. The van der Waals surface area contributed by atoms with E-state index in [2.05, 4.69) is 41.4 Å². The van der Waals surface area contributed by atoms with Crippen LogP contribution in [0.1, 0.15) is 18.9 Å². The van der Waals surface area contributed by atoms with E-state index in [0.717, 1.165) is 26.2 Å². The number of nitrogens with zero attached hydrogens (tertiary/aromatic N) is 1. The van der Waals surface area contributed by atoms with Gasteiger partial charge in [-0.1, -0.05) is 25.1 Å². The van der Waals surface area contributed by atoms with Crippen molar-refractivity contribution in [3.05, 3.63) is 29.8 Å². The van der Waals surface area contributed by atoms with Gasteiger partial charge >= 0.3 is 0 Å². The lowest BCUT2D eigenvalue weighted by Crippen LogP contribution is -2.39. The molecule has 18 heavy (non-hydrogen) atoms. The van der Waals surface area contributed by atoms with Crippen molar-refractivity contribution in [2.75, 3.05) is 38.2 Å². The van der Waals surface area contributed by atoms with Crippen LogP contribution in [0.5, 0.6) is 0 Å². The second-order valence-corrected chi connectivity index (χ2v) is 5.17. The van der Waals surface area contributed by atoms with Crippen molar-refractivity contribution in [3.8, 4) is 0 Å². The normalized spacial score (nSPS) is 21.4. The minimum absolute atomic E-state index is 0.681. The predicted octanol–water partition coefficient (Wildman–Crippen LogP) is 2.27. The molecule has 0 bridgehead atoms. The summed E-state index contributed by atoms with van der Waals surface area (Å²) in [5, 5.41) is 3.50. The number of hydrogen-bond acceptors (Lipinski definition) is 3. The molecule has 0 amide bonds. The van der Waals surface area contributed by atoms with Crippen molar-refractivity contribution in [1.29, 1.82) is 0 Å². The summed E-state index contributed by atoms with van der Waals surface area (Å²) in [4.78, 5) is 2.51. The van der Waals surface area contributed by atoms with Crippen molar-refractivity contribution >= 4 is 5.69 Å². The molecule has 0 radical (unpaired) electrons. The van der Waals surface area contributed by atoms with Gasteiger partial charge in [-0.3, -0.25) is 0 Å². The molecule has 0 spiro atoms. The van der Waals surface area contributed by atoms with Crippen molar-refractivity contribution in [3.63, 3.8) is 0 Å². The number of anilines is 1. The summed E-state index contributed by atoms with van der Waals surface area (Å²) < 4.78 is 5.30. The van der Waals surface area contributed by atoms with E-state index in [1.165, 1.54) is 17.7 Å². The van der Waals surface area contributed by atoms with Crippen molar-refractivity contribution in [1.82, 2.24) is 5.32 Å². The summed E-state index contributed by atoms with van der Waals surface area (Å²) in [6.45, 7) is 7.48. The third-order valence-electron chi connectivity index (χ3n) is 3.44. The zero-order valence-electron chi connectivity index (χ0n) is 11.5.